The van der Waals surface area contributed by atoms with Gasteiger partial charge in [0.25, 0.3) is 5.91 Å². The SMILES string of the molecule is N#CCNC(=O)c1csc(Br)c1. The van der Waals surface area contributed by atoms with Crippen LogP contribution in [0, 0.1) is 11.3 Å². The van der Waals surface area contributed by atoms with Crippen LogP contribution in [-0.2, 0) is 0 Å². The number of halogens is 1. The Hall–Kier alpha value is -0.860. The second-order valence-electron chi connectivity index (χ2n) is 1.98. The lowest BCUT2D eigenvalue weighted by Crippen LogP contribution is -2.22. The molecule has 1 aromatic rings. The van der Waals surface area contributed by atoms with Crippen molar-refractivity contribution in [1.82, 2.24) is 5.32 Å². The minimum absolute atomic E-state index is 0.0479. The van der Waals surface area contributed by atoms with Crippen LogP contribution in [-0.4, -0.2) is 12.5 Å². The molecule has 0 aliphatic carbocycles. The highest BCUT2D eigenvalue weighted by Gasteiger charge is 2.05. The van der Waals surface area contributed by atoms with Crippen LogP contribution in [0.2, 0.25) is 0 Å². The van der Waals surface area contributed by atoms with Gasteiger partial charge in [0.05, 0.1) is 15.4 Å². The Kier molecular flexibility index (Phi) is 3.26. The van der Waals surface area contributed by atoms with Crippen molar-refractivity contribution in [3.63, 3.8) is 0 Å². The van der Waals surface area contributed by atoms with Gasteiger partial charge in [-0.2, -0.15) is 5.26 Å². The molecule has 0 unspecified atom stereocenters. The lowest BCUT2D eigenvalue weighted by Gasteiger charge is -1.94. The molecule has 0 fully saturated rings. The Morgan fingerprint density at radius 1 is 1.83 bits per heavy atom. The van der Waals surface area contributed by atoms with E-state index in [0.717, 1.165) is 3.79 Å². The second kappa shape index (κ2) is 4.24. The zero-order valence-electron chi connectivity index (χ0n) is 6.00. The van der Waals surface area contributed by atoms with E-state index in [0.29, 0.717) is 5.56 Å². The molecular weight excluding hydrogens is 240 g/mol. The maximum Gasteiger partial charge on any atom is 0.252 e. The van der Waals surface area contributed by atoms with Gasteiger partial charge in [0.2, 0.25) is 0 Å². The summed E-state index contributed by atoms with van der Waals surface area (Å²) in [5.74, 6) is -0.210. The van der Waals surface area contributed by atoms with Crippen molar-refractivity contribution in [1.29, 1.82) is 5.26 Å². The molecule has 0 saturated carbocycles. The number of thiophene rings is 1. The summed E-state index contributed by atoms with van der Waals surface area (Å²) in [7, 11) is 0. The highest BCUT2D eigenvalue weighted by atomic mass is 79.9. The number of amides is 1. The fourth-order valence-corrected chi connectivity index (χ4v) is 1.79. The van der Waals surface area contributed by atoms with Crippen LogP contribution in [0.15, 0.2) is 15.2 Å². The molecule has 0 saturated heterocycles. The van der Waals surface area contributed by atoms with Crippen molar-refractivity contribution in [3.8, 4) is 6.07 Å². The lowest BCUT2D eigenvalue weighted by molar-refractivity contribution is 0.0959. The average molecular weight is 245 g/mol. The number of rotatable bonds is 2. The normalized spacial score (nSPS) is 9.00. The molecule has 1 N–H and O–H groups in total. The van der Waals surface area contributed by atoms with E-state index in [1.54, 1.807) is 11.4 Å². The third-order valence-electron chi connectivity index (χ3n) is 1.16. The van der Waals surface area contributed by atoms with E-state index in [1.165, 1.54) is 11.3 Å². The fourth-order valence-electron chi connectivity index (χ4n) is 0.651. The molecule has 5 heteroatoms. The zero-order chi connectivity index (χ0) is 8.97. The second-order valence-corrected chi connectivity index (χ2v) is 4.27. The van der Waals surface area contributed by atoms with Gasteiger partial charge in [-0.1, -0.05) is 0 Å². The first-order chi connectivity index (χ1) is 5.74. The van der Waals surface area contributed by atoms with Crippen molar-refractivity contribution in [2.75, 3.05) is 6.54 Å². The summed E-state index contributed by atoms with van der Waals surface area (Å²) in [6.45, 7) is 0.0479. The number of carbonyl (C=O) groups is 1. The van der Waals surface area contributed by atoms with Crippen molar-refractivity contribution in [2.24, 2.45) is 0 Å². The highest BCUT2D eigenvalue weighted by molar-refractivity contribution is 9.11. The summed E-state index contributed by atoms with van der Waals surface area (Å²) < 4.78 is 0.907. The number of carbonyl (C=O) groups excluding carboxylic acids is 1. The molecule has 0 aliphatic rings. The summed E-state index contributed by atoms with van der Waals surface area (Å²) in [6, 6.07) is 3.55. The predicted molar refractivity (Wildman–Crippen MR) is 50.0 cm³/mol. The Balaban J connectivity index is 2.61. The van der Waals surface area contributed by atoms with Gasteiger partial charge in [0, 0.05) is 5.38 Å². The lowest BCUT2D eigenvalue weighted by atomic mass is 10.3. The molecule has 0 atom stereocenters. The minimum Gasteiger partial charge on any atom is -0.339 e. The van der Waals surface area contributed by atoms with Gasteiger partial charge in [0.1, 0.15) is 6.54 Å². The molecule has 1 amide bonds. The standard InChI is InChI=1S/C7H5BrN2OS/c8-6-3-5(4-12-6)7(11)10-2-1-9/h3-4H,2H2,(H,10,11). The van der Waals surface area contributed by atoms with E-state index < -0.39 is 0 Å². The summed E-state index contributed by atoms with van der Waals surface area (Å²) in [5, 5.41) is 12.4. The van der Waals surface area contributed by atoms with Gasteiger partial charge >= 0.3 is 0 Å². The molecule has 1 aromatic heterocycles. The van der Waals surface area contributed by atoms with E-state index in [4.69, 9.17) is 5.26 Å². The van der Waals surface area contributed by atoms with Gasteiger partial charge in [-0.15, -0.1) is 11.3 Å². The molecule has 1 heterocycles. The topological polar surface area (TPSA) is 52.9 Å². The fraction of sp³-hybridized carbons (Fsp3) is 0.143. The van der Waals surface area contributed by atoms with E-state index >= 15 is 0 Å². The van der Waals surface area contributed by atoms with Crippen molar-refractivity contribution >= 4 is 33.2 Å². The summed E-state index contributed by atoms with van der Waals surface area (Å²) in [4.78, 5) is 11.1. The molecule has 0 bridgehead atoms. The molecule has 0 aliphatic heterocycles. The number of nitriles is 1. The van der Waals surface area contributed by atoms with Crippen LogP contribution in [0.25, 0.3) is 0 Å². The van der Waals surface area contributed by atoms with Crippen LogP contribution in [0.3, 0.4) is 0 Å². The van der Waals surface area contributed by atoms with E-state index in [9.17, 15) is 4.79 Å². The van der Waals surface area contributed by atoms with E-state index in [2.05, 4.69) is 21.2 Å². The van der Waals surface area contributed by atoms with Gasteiger partial charge in [-0.25, -0.2) is 0 Å². The van der Waals surface area contributed by atoms with Gasteiger partial charge < -0.3 is 5.32 Å². The Morgan fingerprint density at radius 2 is 2.58 bits per heavy atom. The maximum atomic E-state index is 11.1. The first-order valence-electron chi connectivity index (χ1n) is 3.13. The molecule has 0 spiro atoms. The summed E-state index contributed by atoms with van der Waals surface area (Å²) >= 11 is 4.68. The number of hydrogen-bond acceptors (Lipinski definition) is 3. The van der Waals surface area contributed by atoms with E-state index in [-0.39, 0.29) is 12.5 Å². The predicted octanol–water partition coefficient (Wildman–Crippen LogP) is 1.76. The summed E-state index contributed by atoms with van der Waals surface area (Å²) in [6.07, 6.45) is 0. The monoisotopic (exact) mass is 244 g/mol. The Morgan fingerprint density at radius 3 is 3.08 bits per heavy atom. The largest absolute Gasteiger partial charge is 0.339 e. The third kappa shape index (κ3) is 2.32. The third-order valence-corrected chi connectivity index (χ3v) is 2.66. The molecule has 1 rings (SSSR count). The highest BCUT2D eigenvalue weighted by Crippen LogP contribution is 2.20. The first kappa shape index (κ1) is 9.23. The number of hydrogen-bond donors (Lipinski definition) is 1. The number of nitrogens with one attached hydrogen (secondary N) is 1. The number of nitrogens with zero attached hydrogens (tertiary/aromatic N) is 1. The first-order valence-corrected chi connectivity index (χ1v) is 4.80. The van der Waals surface area contributed by atoms with E-state index in [1.807, 2.05) is 6.07 Å². The molecule has 0 aromatic carbocycles. The molecule has 0 radical (unpaired) electrons. The average Bonchev–Trinajstić information content (AvgIpc) is 2.47. The van der Waals surface area contributed by atoms with Crippen molar-refractivity contribution in [3.05, 3.63) is 20.8 Å². The molecule has 62 valence electrons. The zero-order valence-corrected chi connectivity index (χ0v) is 8.41. The Labute approximate surface area is 82.1 Å². The minimum atomic E-state index is -0.210. The summed E-state index contributed by atoms with van der Waals surface area (Å²) in [5.41, 5.74) is 0.585. The van der Waals surface area contributed by atoms with Gasteiger partial charge in [0.15, 0.2) is 0 Å². The van der Waals surface area contributed by atoms with Gasteiger partial charge in [-0.05, 0) is 22.0 Å². The van der Waals surface area contributed by atoms with Crippen LogP contribution in [0.5, 0.6) is 0 Å². The molecule has 3 nitrogen and oxygen atoms in total. The van der Waals surface area contributed by atoms with Crippen molar-refractivity contribution in [2.45, 2.75) is 0 Å². The van der Waals surface area contributed by atoms with Crippen LogP contribution in [0.4, 0.5) is 0 Å². The van der Waals surface area contributed by atoms with Gasteiger partial charge in [-0.3, -0.25) is 4.79 Å². The maximum absolute atomic E-state index is 11.1. The molecular formula is C7H5BrN2OS. The van der Waals surface area contributed by atoms with Crippen LogP contribution >= 0.6 is 27.3 Å². The van der Waals surface area contributed by atoms with Crippen molar-refractivity contribution < 1.29 is 4.79 Å². The quantitative estimate of drug-likeness (QED) is 0.807. The van der Waals surface area contributed by atoms with Crippen LogP contribution < -0.4 is 5.32 Å². The van der Waals surface area contributed by atoms with Crippen LogP contribution in [0.1, 0.15) is 10.4 Å². The molecule has 12 heavy (non-hydrogen) atoms. The Bertz CT molecular complexity index is 328. The smallest absolute Gasteiger partial charge is 0.252 e.